The standard InChI is InChI=1S/C16H19F3N2O2/c17-16(18,19)11-23-12-4-3-8-20-13(12)14(22)21-9-7-15(10-21)5-1-2-6-15/h3-4,8H,1-2,5-7,9-11H2. The Kier molecular flexibility index (Phi) is 4.21. The summed E-state index contributed by atoms with van der Waals surface area (Å²) in [5.74, 6) is -0.450. The van der Waals surface area contributed by atoms with Crippen LogP contribution in [0.1, 0.15) is 42.6 Å². The molecule has 1 aromatic rings. The van der Waals surface area contributed by atoms with Crippen molar-refractivity contribution in [1.82, 2.24) is 9.88 Å². The van der Waals surface area contributed by atoms with Crippen LogP contribution in [-0.4, -0.2) is 41.7 Å². The molecule has 3 rings (SSSR count). The summed E-state index contributed by atoms with van der Waals surface area (Å²) < 4.78 is 41.8. The minimum absolute atomic E-state index is 0.0354. The van der Waals surface area contributed by atoms with Gasteiger partial charge in [0.2, 0.25) is 0 Å². The Morgan fingerprint density at radius 3 is 2.74 bits per heavy atom. The van der Waals surface area contributed by atoms with Crippen molar-refractivity contribution in [2.75, 3.05) is 19.7 Å². The topological polar surface area (TPSA) is 42.4 Å². The molecule has 0 bridgehead atoms. The largest absolute Gasteiger partial charge is 0.482 e. The van der Waals surface area contributed by atoms with E-state index >= 15 is 0 Å². The molecule has 1 aliphatic carbocycles. The van der Waals surface area contributed by atoms with Crippen LogP contribution in [0.3, 0.4) is 0 Å². The van der Waals surface area contributed by atoms with Crippen LogP contribution in [0.2, 0.25) is 0 Å². The van der Waals surface area contributed by atoms with Crippen LogP contribution in [0.15, 0.2) is 18.3 Å². The molecule has 0 aromatic carbocycles. The molecule has 1 spiro atoms. The lowest BCUT2D eigenvalue weighted by molar-refractivity contribution is -0.153. The van der Waals surface area contributed by atoms with E-state index in [9.17, 15) is 18.0 Å². The predicted octanol–water partition coefficient (Wildman–Crippen LogP) is 3.43. The smallest absolute Gasteiger partial charge is 0.422 e. The summed E-state index contributed by atoms with van der Waals surface area (Å²) in [4.78, 5) is 18.3. The fourth-order valence-electron chi connectivity index (χ4n) is 3.62. The van der Waals surface area contributed by atoms with Crippen LogP contribution in [0, 0.1) is 5.41 Å². The number of carbonyl (C=O) groups excluding carboxylic acids is 1. The van der Waals surface area contributed by atoms with Crippen LogP contribution in [-0.2, 0) is 0 Å². The first-order valence-corrected chi connectivity index (χ1v) is 7.82. The number of carbonyl (C=O) groups is 1. The van der Waals surface area contributed by atoms with Crippen LogP contribution >= 0.6 is 0 Å². The number of pyridine rings is 1. The first kappa shape index (κ1) is 16.1. The van der Waals surface area contributed by atoms with Crippen molar-refractivity contribution < 1.29 is 22.7 Å². The van der Waals surface area contributed by atoms with Gasteiger partial charge in [-0.2, -0.15) is 13.2 Å². The summed E-state index contributed by atoms with van der Waals surface area (Å²) in [5.41, 5.74) is 0.170. The number of halogens is 3. The highest BCUT2D eigenvalue weighted by atomic mass is 19.4. The number of nitrogens with zero attached hydrogens (tertiary/aromatic N) is 2. The fraction of sp³-hybridized carbons (Fsp3) is 0.625. The van der Waals surface area contributed by atoms with E-state index in [1.54, 1.807) is 4.90 Å². The number of likely N-dealkylation sites (tertiary alicyclic amines) is 1. The molecule has 1 amide bonds. The second kappa shape index (κ2) is 6.02. The molecule has 2 heterocycles. The van der Waals surface area contributed by atoms with Crippen molar-refractivity contribution in [3.05, 3.63) is 24.0 Å². The van der Waals surface area contributed by atoms with Gasteiger partial charge < -0.3 is 9.64 Å². The second-order valence-corrected chi connectivity index (χ2v) is 6.44. The zero-order valence-corrected chi connectivity index (χ0v) is 12.7. The van der Waals surface area contributed by atoms with Gasteiger partial charge in [-0.05, 0) is 36.8 Å². The van der Waals surface area contributed by atoms with Crippen LogP contribution in [0.5, 0.6) is 5.75 Å². The normalized spacial score (nSPS) is 20.2. The van der Waals surface area contributed by atoms with E-state index in [4.69, 9.17) is 4.74 Å². The Morgan fingerprint density at radius 1 is 1.30 bits per heavy atom. The van der Waals surface area contributed by atoms with Gasteiger partial charge in [0.05, 0.1) is 0 Å². The molecular weight excluding hydrogens is 309 g/mol. The summed E-state index contributed by atoms with van der Waals surface area (Å²) in [7, 11) is 0. The number of ether oxygens (including phenoxy) is 1. The third-order valence-electron chi connectivity index (χ3n) is 4.75. The van der Waals surface area contributed by atoms with Crippen molar-refractivity contribution in [2.24, 2.45) is 5.41 Å². The van der Waals surface area contributed by atoms with Crippen LogP contribution in [0.4, 0.5) is 13.2 Å². The average molecular weight is 328 g/mol. The van der Waals surface area contributed by atoms with E-state index in [2.05, 4.69) is 4.98 Å². The lowest BCUT2D eigenvalue weighted by Gasteiger charge is -2.23. The van der Waals surface area contributed by atoms with Crippen molar-refractivity contribution in [1.29, 1.82) is 0 Å². The molecule has 0 unspecified atom stereocenters. The predicted molar refractivity (Wildman–Crippen MR) is 77.2 cm³/mol. The molecule has 4 nitrogen and oxygen atoms in total. The van der Waals surface area contributed by atoms with Gasteiger partial charge >= 0.3 is 6.18 Å². The van der Waals surface area contributed by atoms with Gasteiger partial charge in [-0.3, -0.25) is 4.79 Å². The quantitative estimate of drug-likeness (QED) is 0.854. The maximum atomic E-state index is 12.6. The average Bonchev–Trinajstić information content (AvgIpc) is 3.15. The zero-order chi connectivity index (χ0) is 16.5. The first-order chi connectivity index (χ1) is 10.9. The van der Waals surface area contributed by atoms with Gasteiger partial charge in [-0.15, -0.1) is 0 Å². The first-order valence-electron chi connectivity index (χ1n) is 7.82. The zero-order valence-electron chi connectivity index (χ0n) is 12.7. The summed E-state index contributed by atoms with van der Waals surface area (Å²) in [6, 6.07) is 2.82. The molecule has 1 aromatic heterocycles. The minimum atomic E-state index is -4.45. The Hall–Kier alpha value is -1.79. The molecule has 7 heteroatoms. The molecule has 1 aliphatic heterocycles. The van der Waals surface area contributed by atoms with E-state index < -0.39 is 12.8 Å². The molecule has 23 heavy (non-hydrogen) atoms. The van der Waals surface area contributed by atoms with Gasteiger partial charge in [-0.25, -0.2) is 4.98 Å². The molecular formula is C16H19F3N2O2. The van der Waals surface area contributed by atoms with Crippen LogP contribution in [0.25, 0.3) is 0 Å². The Bertz CT molecular complexity index is 583. The molecule has 1 saturated carbocycles. The maximum Gasteiger partial charge on any atom is 0.422 e. The van der Waals surface area contributed by atoms with Crippen molar-refractivity contribution in [3.63, 3.8) is 0 Å². The molecule has 2 fully saturated rings. The SMILES string of the molecule is O=C(c1ncccc1OCC(F)(F)F)N1CCC2(CCCC2)C1. The Morgan fingerprint density at radius 2 is 2.04 bits per heavy atom. The molecule has 0 atom stereocenters. The monoisotopic (exact) mass is 328 g/mol. The summed E-state index contributed by atoms with van der Waals surface area (Å²) in [6.07, 6.45) is 2.53. The summed E-state index contributed by atoms with van der Waals surface area (Å²) in [5, 5.41) is 0. The number of hydrogen-bond acceptors (Lipinski definition) is 3. The van der Waals surface area contributed by atoms with Gasteiger partial charge in [0.25, 0.3) is 5.91 Å². The van der Waals surface area contributed by atoms with Gasteiger partial charge in [-0.1, -0.05) is 12.8 Å². The maximum absolute atomic E-state index is 12.6. The third-order valence-corrected chi connectivity index (χ3v) is 4.75. The summed E-state index contributed by atoms with van der Waals surface area (Å²) >= 11 is 0. The number of amides is 1. The highest BCUT2D eigenvalue weighted by molar-refractivity contribution is 5.95. The molecule has 0 radical (unpaired) electrons. The molecule has 1 saturated heterocycles. The fourth-order valence-corrected chi connectivity index (χ4v) is 3.62. The van der Waals surface area contributed by atoms with E-state index in [1.807, 2.05) is 0 Å². The Labute approximate surface area is 132 Å². The van der Waals surface area contributed by atoms with E-state index in [0.29, 0.717) is 13.1 Å². The van der Waals surface area contributed by atoms with Gasteiger partial charge in [0.15, 0.2) is 18.1 Å². The van der Waals surface area contributed by atoms with E-state index in [-0.39, 0.29) is 22.8 Å². The lowest BCUT2D eigenvalue weighted by atomic mass is 9.86. The molecule has 0 N–H and O–H groups in total. The summed E-state index contributed by atoms with van der Waals surface area (Å²) in [6.45, 7) is -0.127. The van der Waals surface area contributed by atoms with Crippen LogP contribution < -0.4 is 4.74 Å². The third kappa shape index (κ3) is 3.59. The Balaban J connectivity index is 1.72. The van der Waals surface area contributed by atoms with Crippen molar-refractivity contribution in [2.45, 2.75) is 38.3 Å². The van der Waals surface area contributed by atoms with E-state index in [1.165, 1.54) is 31.2 Å². The van der Waals surface area contributed by atoms with Gasteiger partial charge in [0.1, 0.15) is 0 Å². The number of hydrogen-bond donors (Lipinski definition) is 0. The number of rotatable bonds is 3. The highest BCUT2D eigenvalue weighted by Gasteiger charge is 2.42. The van der Waals surface area contributed by atoms with E-state index in [0.717, 1.165) is 19.3 Å². The number of aromatic nitrogens is 1. The molecule has 126 valence electrons. The van der Waals surface area contributed by atoms with Crippen molar-refractivity contribution >= 4 is 5.91 Å². The second-order valence-electron chi connectivity index (χ2n) is 6.44. The van der Waals surface area contributed by atoms with Crippen molar-refractivity contribution in [3.8, 4) is 5.75 Å². The number of alkyl halides is 3. The highest BCUT2D eigenvalue weighted by Crippen LogP contribution is 2.45. The molecule has 2 aliphatic rings. The minimum Gasteiger partial charge on any atom is -0.482 e. The lowest BCUT2D eigenvalue weighted by Crippen LogP contribution is -2.32. The van der Waals surface area contributed by atoms with Gasteiger partial charge in [0, 0.05) is 19.3 Å².